The summed E-state index contributed by atoms with van der Waals surface area (Å²) in [6, 6.07) is 0.0634. The number of nitrogens with zero attached hydrogens (tertiary/aromatic N) is 2. The number of hydrogen-bond donors (Lipinski definition) is 1. The molecule has 1 fully saturated rings. The largest absolute Gasteiger partial charge is 0.466 e. The van der Waals surface area contributed by atoms with Gasteiger partial charge >= 0.3 is 17.9 Å². The maximum absolute atomic E-state index is 13.4. The van der Waals surface area contributed by atoms with Crippen molar-refractivity contribution < 1.29 is 28.6 Å². The fraction of sp³-hybridized carbons (Fsp3) is 0.942. The van der Waals surface area contributed by atoms with Gasteiger partial charge in [0.05, 0.1) is 13.2 Å². The van der Waals surface area contributed by atoms with Gasteiger partial charge in [-0.25, -0.2) is 0 Å². The number of carbonyl (C=O) groups is 3. The summed E-state index contributed by atoms with van der Waals surface area (Å²) in [7, 11) is 4.20. The van der Waals surface area contributed by atoms with Crippen LogP contribution in [0.25, 0.3) is 0 Å². The Morgan fingerprint density at radius 3 is 1.56 bits per heavy atom. The van der Waals surface area contributed by atoms with Crippen LogP contribution < -0.4 is 5.32 Å². The Hall–Kier alpha value is -1.71. The van der Waals surface area contributed by atoms with E-state index in [4.69, 9.17) is 14.2 Å². The molecule has 0 spiro atoms. The quantitative estimate of drug-likeness (QED) is 0.0365. The summed E-state index contributed by atoms with van der Waals surface area (Å²) in [5, 5.41) is 3.69. The van der Waals surface area contributed by atoms with Crippen LogP contribution in [0, 0.1) is 0 Å². The van der Waals surface area contributed by atoms with E-state index < -0.39 is 0 Å². The number of ether oxygens (including phenoxy) is 3. The van der Waals surface area contributed by atoms with Gasteiger partial charge in [-0.15, -0.1) is 0 Å². The average molecular weight is 864 g/mol. The fourth-order valence-corrected chi connectivity index (χ4v) is 8.66. The minimum Gasteiger partial charge on any atom is -0.466 e. The zero-order valence-electron chi connectivity index (χ0n) is 41.1. The summed E-state index contributed by atoms with van der Waals surface area (Å²) in [4.78, 5) is 43.0. The first-order valence-electron chi connectivity index (χ1n) is 26.4. The molecule has 360 valence electrons. The molecule has 0 unspecified atom stereocenters. The summed E-state index contributed by atoms with van der Waals surface area (Å²) < 4.78 is 17.4. The van der Waals surface area contributed by atoms with Gasteiger partial charge in [0.1, 0.15) is 12.1 Å². The summed E-state index contributed by atoms with van der Waals surface area (Å²) in [5.74, 6) is -0.200. The summed E-state index contributed by atoms with van der Waals surface area (Å²) >= 11 is 0. The van der Waals surface area contributed by atoms with E-state index in [1.54, 1.807) is 0 Å². The van der Waals surface area contributed by atoms with Crippen LogP contribution in [0.5, 0.6) is 0 Å². The van der Waals surface area contributed by atoms with E-state index >= 15 is 0 Å². The predicted molar refractivity (Wildman–Crippen MR) is 256 cm³/mol. The third-order valence-electron chi connectivity index (χ3n) is 12.6. The third kappa shape index (κ3) is 35.3. The van der Waals surface area contributed by atoms with Crippen molar-refractivity contribution in [2.45, 2.75) is 264 Å². The summed E-state index contributed by atoms with van der Waals surface area (Å²) in [6.45, 7) is 11.4. The Bertz CT molecular complexity index is 996. The zero-order valence-corrected chi connectivity index (χ0v) is 41.1. The van der Waals surface area contributed by atoms with Crippen LogP contribution in [0.4, 0.5) is 0 Å². The lowest BCUT2D eigenvalue weighted by Gasteiger charge is -2.22. The molecule has 2 atom stereocenters. The van der Waals surface area contributed by atoms with E-state index in [1.165, 1.54) is 109 Å². The Morgan fingerprint density at radius 2 is 1.02 bits per heavy atom. The van der Waals surface area contributed by atoms with Crippen molar-refractivity contribution in [1.82, 2.24) is 15.1 Å². The molecule has 9 nitrogen and oxygen atoms in total. The van der Waals surface area contributed by atoms with Gasteiger partial charge in [-0.1, -0.05) is 162 Å². The normalized spacial score (nSPS) is 15.6. The maximum Gasteiger partial charge on any atom is 0.323 e. The van der Waals surface area contributed by atoms with E-state index in [0.29, 0.717) is 26.1 Å². The molecule has 9 heteroatoms. The van der Waals surface area contributed by atoms with Crippen LogP contribution in [-0.4, -0.2) is 99.4 Å². The van der Waals surface area contributed by atoms with Gasteiger partial charge in [0.15, 0.2) is 0 Å². The summed E-state index contributed by atoms with van der Waals surface area (Å²) in [6.07, 6.45) is 38.9. The van der Waals surface area contributed by atoms with E-state index in [1.807, 2.05) is 0 Å². The fourth-order valence-electron chi connectivity index (χ4n) is 8.66. The third-order valence-corrected chi connectivity index (χ3v) is 12.6. The maximum atomic E-state index is 13.4. The standard InChI is InChI=1S/C52H101N3O6/c1-6-9-12-15-18-19-20-25-33-43-59-50(56)38-31-27-32-42-55-46-47(53-40-35-41-54(4)5)45-49(55)52(58)60-44-34-26-21-24-30-39-51(57)61-48(36-28-22-16-13-10-7-2)37-29-23-17-14-11-8-3/h47-49,53H,6-46H2,1-5H3/t47-,49-/m0/s1. The average Bonchev–Trinajstić information content (AvgIpc) is 3.66. The number of hydrogen-bond acceptors (Lipinski definition) is 9. The molecule has 0 aromatic carbocycles. The molecule has 1 heterocycles. The van der Waals surface area contributed by atoms with Gasteiger partial charge in [-0.2, -0.15) is 0 Å². The van der Waals surface area contributed by atoms with Gasteiger partial charge < -0.3 is 24.4 Å². The van der Waals surface area contributed by atoms with Gasteiger partial charge in [-0.05, 0) is 104 Å². The van der Waals surface area contributed by atoms with Crippen molar-refractivity contribution in [3.8, 4) is 0 Å². The van der Waals surface area contributed by atoms with Crippen LogP contribution in [0.2, 0.25) is 0 Å². The van der Waals surface area contributed by atoms with Gasteiger partial charge in [0.25, 0.3) is 0 Å². The smallest absolute Gasteiger partial charge is 0.323 e. The van der Waals surface area contributed by atoms with Crippen LogP contribution in [-0.2, 0) is 28.6 Å². The molecule has 1 aliphatic rings. The molecule has 61 heavy (non-hydrogen) atoms. The monoisotopic (exact) mass is 864 g/mol. The first-order valence-corrected chi connectivity index (χ1v) is 26.4. The number of unbranched alkanes of at least 4 members (excludes halogenated alkanes) is 24. The SMILES string of the molecule is CCCCCCCCCCCOC(=O)CCCCCN1C[C@@H](NCCCN(C)C)C[C@H]1C(=O)OCCCCCCCC(=O)OC(CCCCCCCC)CCCCCCCC. The van der Waals surface area contributed by atoms with Gasteiger partial charge in [0.2, 0.25) is 0 Å². The van der Waals surface area contributed by atoms with Crippen molar-refractivity contribution >= 4 is 17.9 Å². The highest BCUT2D eigenvalue weighted by atomic mass is 16.5. The van der Waals surface area contributed by atoms with E-state index in [2.05, 4.69) is 50.0 Å². The summed E-state index contributed by atoms with van der Waals surface area (Å²) in [5.41, 5.74) is 0. The van der Waals surface area contributed by atoms with Crippen LogP contribution in [0.3, 0.4) is 0 Å². The molecule has 0 amide bonds. The van der Waals surface area contributed by atoms with Crippen molar-refractivity contribution in [2.24, 2.45) is 0 Å². The molecule has 1 aliphatic heterocycles. The first kappa shape index (κ1) is 57.3. The van der Waals surface area contributed by atoms with E-state index in [9.17, 15) is 14.4 Å². The highest BCUT2D eigenvalue weighted by Crippen LogP contribution is 2.22. The molecule has 0 aliphatic carbocycles. The lowest BCUT2D eigenvalue weighted by Crippen LogP contribution is -2.38. The molecule has 1 saturated heterocycles. The zero-order chi connectivity index (χ0) is 44.4. The van der Waals surface area contributed by atoms with E-state index in [-0.39, 0.29) is 36.1 Å². The van der Waals surface area contributed by atoms with Gasteiger partial charge in [0, 0.05) is 25.4 Å². The van der Waals surface area contributed by atoms with Crippen molar-refractivity contribution in [3.05, 3.63) is 0 Å². The van der Waals surface area contributed by atoms with Crippen LogP contribution in [0.1, 0.15) is 245 Å². The first-order chi connectivity index (χ1) is 29.8. The lowest BCUT2D eigenvalue weighted by molar-refractivity contribution is -0.150. The second-order valence-corrected chi connectivity index (χ2v) is 18.8. The van der Waals surface area contributed by atoms with Crippen molar-refractivity contribution in [3.63, 3.8) is 0 Å². The molecule has 0 radical (unpaired) electrons. The van der Waals surface area contributed by atoms with Crippen molar-refractivity contribution in [2.75, 3.05) is 53.5 Å². The molecular formula is C52H101N3O6. The van der Waals surface area contributed by atoms with Crippen molar-refractivity contribution in [1.29, 1.82) is 0 Å². The highest BCUT2D eigenvalue weighted by Gasteiger charge is 2.37. The lowest BCUT2D eigenvalue weighted by atomic mass is 10.0. The number of likely N-dealkylation sites (tertiary alicyclic amines) is 1. The molecule has 0 aromatic heterocycles. The van der Waals surface area contributed by atoms with Crippen LogP contribution >= 0.6 is 0 Å². The Morgan fingerprint density at radius 1 is 0.557 bits per heavy atom. The van der Waals surface area contributed by atoms with Gasteiger partial charge in [-0.3, -0.25) is 19.3 Å². The minimum atomic E-state index is -0.218. The predicted octanol–water partition coefficient (Wildman–Crippen LogP) is 12.9. The Balaban J connectivity index is 2.34. The molecule has 1 N–H and O–H groups in total. The van der Waals surface area contributed by atoms with Crippen LogP contribution in [0.15, 0.2) is 0 Å². The second-order valence-electron chi connectivity index (χ2n) is 18.8. The van der Waals surface area contributed by atoms with E-state index in [0.717, 1.165) is 129 Å². The number of rotatable bonds is 45. The topological polar surface area (TPSA) is 97.4 Å². The highest BCUT2D eigenvalue weighted by molar-refractivity contribution is 5.76. The molecule has 0 aromatic rings. The number of carbonyl (C=O) groups excluding carboxylic acids is 3. The molecular weight excluding hydrogens is 763 g/mol. The second kappa shape index (κ2) is 42.3. The Kier molecular flexibility index (Phi) is 39.7. The molecule has 0 saturated carbocycles. The molecule has 1 rings (SSSR count). The Labute approximate surface area is 377 Å². The number of esters is 3. The minimum absolute atomic E-state index is 0.0235. The molecule has 0 bridgehead atoms. The number of nitrogens with one attached hydrogen (secondary N) is 1.